The number of anilines is 1. The van der Waals surface area contributed by atoms with Crippen LogP contribution in [0.3, 0.4) is 0 Å². The van der Waals surface area contributed by atoms with E-state index in [1.807, 2.05) is 0 Å². The molecule has 0 aromatic heterocycles. The Hall–Kier alpha value is -1.43. The number of alkyl halides is 3. The highest BCUT2D eigenvalue weighted by molar-refractivity contribution is 5.44. The second-order valence-electron chi connectivity index (χ2n) is 2.38. The van der Waals surface area contributed by atoms with Gasteiger partial charge in [-0.2, -0.15) is 0 Å². The van der Waals surface area contributed by atoms with Crippen LogP contribution in [0.15, 0.2) is 24.3 Å². The molecule has 1 rings (SSSR count). The molecule has 14 heavy (non-hydrogen) atoms. The first-order valence-corrected chi connectivity index (χ1v) is 3.66. The average Bonchev–Trinajstić information content (AvgIpc) is 2.06. The molecule has 0 heterocycles. The Morgan fingerprint density at radius 3 is 2.14 bits per heavy atom. The minimum Gasteiger partial charge on any atom is -0.406 e. The molecule has 3 nitrogen and oxygen atoms in total. The van der Waals surface area contributed by atoms with E-state index in [1.165, 1.54) is 31.4 Å². The van der Waals surface area contributed by atoms with E-state index >= 15 is 0 Å². The monoisotopic (exact) mass is 207 g/mol. The van der Waals surface area contributed by atoms with Gasteiger partial charge in [-0.3, -0.25) is 10.3 Å². The lowest BCUT2D eigenvalue weighted by Gasteiger charge is -2.09. The lowest BCUT2D eigenvalue weighted by molar-refractivity contribution is -0.274. The number of nitrogens with one attached hydrogen (secondary N) is 1. The van der Waals surface area contributed by atoms with Gasteiger partial charge in [0.15, 0.2) is 0 Å². The zero-order chi connectivity index (χ0) is 10.6. The van der Waals surface area contributed by atoms with Crippen molar-refractivity contribution in [3.8, 4) is 5.75 Å². The Balaban J connectivity index is 2.64. The summed E-state index contributed by atoms with van der Waals surface area (Å²) in [7, 11) is 1.40. The number of ether oxygens (including phenoxy) is 1. The molecule has 0 unspecified atom stereocenters. The summed E-state index contributed by atoms with van der Waals surface area (Å²) in [6, 6.07) is 5.19. The standard InChI is InChI=1S/C8H8F3NO2/c1-13-12-6-2-4-7(5-3-6)14-8(9,10)11/h2-5,12H,1H3. The van der Waals surface area contributed by atoms with E-state index in [0.717, 1.165) is 0 Å². The largest absolute Gasteiger partial charge is 0.573 e. The molecular formula is C8H8F3NO2. The summed E-state index contributed by atoms with van der Waals surface area (Å²) in [6.45, 7) is 0. The van der Waals surface area contributed by atoms with Crippen LogP contribution < -0.4 is 10.2 Å². The Morgan fingerprint density at radius 2 is 1.71 bits per heavy atom. The van der Waals surface area contributed by atoms with Gasteiger partial charge in [-0.15, -0.1) is 13.2 Å². The van der Waals surface area contributed by atoms with E-state index in [-0.39, 0.29) is 5.75 Å². The van der Waals surface area contributed by atoms with Crippen molar-refractivity contribution in [2.24, 2.45) is 0 Å². The van der Waals surface area contributed by atoms with Crippen LogP contribution in [-0.2, 0) is 4.84 Å². The lowest BCUT2D eigenvalue weighted by atomic mass is 10.3. The fourth-order valence-corrected chi connectivity index (χ4v) is 0.843. The van der Waals surface area contributed by atoms with E-state index in [2.05, 4.69) is 15.1 Å². The van der Waals surface area contributed by atoms with E-state index in [9.17, 15) is 13.2 Å². The summed E-state index contributed by atoms with van der Waals surface area (Å²) in [5, 5.41) is 0. The van der Waals surface area contributed by atoms with Gasteiger partial charge < -0.3 is 4.74 Å². The number of benzene rings is 1. The third-order valence-electron chi connectivity index (χ3n) is 1.31. The van der Waals surface area contributed by atoms with Crippen molar-refractivity contribution in [3.05, 3.63) is 24.3 Å². The van der Waals surface area contributed by atoms with Crippen LogP contribution in [0.4, 0.5) is 18.9 Å². The van der Waals surface area contributed by atoms with Gasteiger partial charge in [-0.1, -0.05) is 0 Å². The molecule has 0 saturated heterocycles. The zero-order valence-electron chi connectivity index (χ0n) is 7.26. The van der Waals surface area contributed by atoms with Crippen molar-refractivity contribution < 1.29 is 22.7 Å². The predicted molar refractivity (Wildman–Crippen MR) is 43.8 cm³/mol. The molecule has 1 aromatic carbocycles. The highest BCUT2D eigenvalue weighted by atomic mass is 19.4. The number of hydrogen-bond donors (Lipinski definition) is 1. The molecule has 0 radical (unpaired) electrons. The van der Waals surface area contributed by atoms with Gasteiger partial charge in [0, 0.05) is 0 Å². The van der Waals surface area contributed by atoms with Crippen molar-refractivity contribution in [2.45, 2.75) is 6.36 Å². The Kier molecular flexibility index (Phi) is 3.19. The second kappa shape index (κ2) is 4.19. The SMILES string of the molecule is CONc1ccc(OC(F)(F)F)cc1. The molecule has 0 aliphatic heterocycles. The second-order valence-corrected chi connectivity index (χ2v) is 2.38. The summed E-state index contributed by atoms with van der Waals surface area (Å²) < 4.78 is 38.8. The highest BCUT2D eigenvalue weighted by Crippen LogP contribution is 2.23. The molecule has 0 saturated carbocycles. The minimum atomic E-state index is -4.66. The first kappa shape index (κ1) is 10.6. The average molecular weight is 207 g/mol. The van der Waals surface area contributed by atoms with Gasteiger partial charge in [0.25, 0.3) is 0 Å². The predicted octanol–water partition coefficient (Wildman–Crippen LogP) is 2.56. The summed E-state index contributed by atoms with van der Waals surface area (Å²) in [5.41, 5.74) is 3.00. The van der Waals surface area contributed by atoms with Crippen molar-refractivity contribution in [3.63, 3.8) is 0 Å². The first-order chi connectivity index (χ1) is 6.51. The smallest absolute Gasteiger partial charge is 0.406 e. The Morgan fingerprint density at radius 1 is 1.14 bits per heavy atom. The molecule has 6 heteroatoms. The molecular weight excluding hydrogens is 199 g/mol. The molecule has 0 amide bonds. The summed E-state index contributed by atoms with van der Waals surface area (Å²) in [5.74, 6) is -0.265. The Bertz CT molecular complexity index is 284. The van der Waals surface area contributed by atoms with Gasteiger partial charge in [0.2, 0.25) is 0 Å². The van der Waals surface area contributed by atoms with E-state index in [0.29, 0.717) is 5.69 Å². The van der Waals surface area contributed by atoms with Crippen LogP contribution in [0, 0.1) is 0 Å². The fraction of sp³-hybridized carbons (Fsp3) is 0.250. The van der Waals surface area contributed by atoms with Gasteiger partial charge in [-0.05, 0) is 24.3 Å². The quantitative estimate of drug-likeness (QED) is 0.772. The summed E-state index contributed by atoms with van der Waals surface area (Å²) in [6.07, 6.45) is -4.66. The molecule has 1 aromatic rings. The van der Waals surface area contributed by atoms with E-state index < -0.39 is 6.36 Å². The van der Waals surface area contributed by atoms with Crippen LogP contribution in [0.25, 0.3) is 0 Å². The highest BCUT2D eigenvalue weighted by Gasteiger charge is 2.30. The van der Waals surface area contributed by atoms with Gasteiger partial charge in [-0.25, -0.2) is 0 Å². The van der Waals surface area contributed by atoms with Gasteiger partial charge >= 0.3 is 6.36 Å². The number of halogens is 3. The van der Waals surface area contributed by atoms with Crippen LogP contribution >= 0.6 is 0 Å². The molecule has 1 N–H and O–H groups in total. The fourth-order valence-electron chi connectivity index (χ4n) is 0.843. The maximum absolute atomic E-state index is 11.7. The maximum atomic E-state index is 11.7. The Labute approximate surface area is 78.4 Å². The van der Waals surface area contributed by atoms with E-state index in [4.69, 9.17) is 0 Å². The molecule has 0 atom stereocenters. The molecule has 0 aliphatic carbocycles. The normalized spacial score (nSPS) is 11.1. The van der Waals surface area contributed by atoms with E-state index in [1.54, 1.807) is 0 Å². The number of hydrogen-bond acceptors (Lipinski definition) is 3. The zero-order valence-corrected chi connectivity index (χ0v) is 7.26. The van der Waals surface area contributed by atoms with Gasteiger partial charge in [0.1, 0.15) is 5.75 Å². The van der Waals surface area contributed by atoms with Gasteiger partial charge in [0.05, 0.1) is 12.8 Å². The lowest BCUT2D eigenvalue weighted by Crippen LogP contribution is -2.17. The third-order valence-corrected chi connectivity index (χ3v) is 1.31. The number of rotatable bonds is 3. The van der Waals surface area contributed by atoms with Crippen molar-refractivity contribution in [1.82, 2.24) is 0 Å². The summed E-state index contributed by atoms with van der Waals surface area (Å²) in [4.78, 5) is 4.56. The van der Waals surface area contributed by atoms with Crippen molar-refractivity contribution in [2.75, 3.05) is 12.6 Å². The van der Waals surface area contributed by atoms with Crippen LogP contribution in [-0.4, -0.2) is 13.5 Å². The van der Waals surface area contributed by atoms with Crippen LogP contribution in [0.2, 0.25) is 0 Å². The summed E-state index contributed by atoms with van der Waals surface area (Å²) >= 11 is 0. The molecule has 0 spiro atoms. The maximum Gasteiger partial charge on any atom is 0.573 e. The third kappa shape index (κ3) is 3.53. The topological polar surface area (TPSA) is 30.5 Å². The van der Waals surface area contributed by atoms with Crippen LogP contribution in [0.1, 0.15) is 0 Å². The molecule has 78 valence electrons. The molecule has 0 aliphatic rings. The first-order valence-electron chi connectivity index (χ1n) is 3.66. The minimum absolute atomic E-state index is 0.265. The van der Waals surface area contributed by atoms with Crippen molar-refractivity contribution in [1.29, 1.82) is 0 Å². The van der Waals surface area contributed by atoms with Crippen LogP contribution in [0.5, 0.6) is 5.75 Å². The molecule has 0 bridgehead atoms. The molecule has 0 fully saturated rings. The van der Waals surface area contributed by atoms with Crippen molar-refractivity contribution >= 4 is 5.69 Å².